The Hall–Kier alpha value is -1.81. The van der Waals surface area contributed by atoms with Gasteiger partial charge in [0, 0.05) is 4.47 Å². The Morgan fingerprint density at radius 3 is 2.42 bits per heavy atom. The van der Waals surface area contributed by atoms with Gasteiger partial charge < -0.3 is 4.74 Å². The summed E-state index contributed by atoms with van der Waals surface area (Å²) in [7, 11) is 1.66. The molecule has 0 amide bonds. The second-order valence-electron chi connectivity index (χ2n) is 4.02. The number of hydrogen-bond donors (Lipinski definition) is 1. The number of hydrazone groups is 1. The van der Waals surface area contributed by atoms with Crippen LogP contribution in [-0.4, -0.2) is 12.8 Å². The van der Waals surface area contributed by atoms with E-state index in [0.717, 1.165) is 27.2 Å². The molecule has 19 heavy (non-hydrogen) atoms. The van der Waals surface area contributed by atoms with Crippen molar-refractivity contribution in [2.24, 2.45) is 5.10 Å². The van der Waals surface area contributed by atoms with Gasteiger partial charge in [0.2, 0.25) is 0 Å². The number of benzene rings is 2. The molecule has 0 fully saturated rings. The van der Waals surface area contributed by atoms with Gasteiger partial charge in [0.15, 0.2) is 0 Å². The number of halogens is 1. The van der Waals surface area contributed by atoms with Crippen molar-refractivity contribution in [2.45, 2.75) is 6.92 Å². The highest BCUT2D eigenvalue weighted by Gasteiger charge is 1.99. The number of nitrogens with one attached hydrogen (secondary N) is 1. The minimum atomic E-state index is 0.843. The summed E-state index contributed by atoms with van der Waals surface area (Å²) in [6.07, 6.45) is 0. The lowest BCUT2D eigenvalue weighted by Gasteiger charge is -2.06. The molecule has 0 atom stereocenters. The van der Waals surface area contributed by atoms with Crippen molar-refractivity contribution < 1.29 is 4.74 Å². The molecule has 3 nitrogen and oxygen atoms in total. The zero-order chi connectivity index (χ0) is 13.7. The van der Waals surface area contributed by atoms with Crippen LogP contribution in [0.3, 0.4) is 0 Å². The fourth-order valence-corrected chi connectivity index (χ4v) is 1.97. The smallest absolute Gasteiger partial charge is 0.118 e. The van der Waals surface area contributed by atoms with Crippen LogP contribution in [0.15, 0.2) is 58.1 Å². The topological polar surface area (TPSA) is 33.6 Å². The molecule has 0 saturated heterocycles. The first kappa shape index (κ1) is 13.6. The van der Waals surface area contributed by atoms with Crippen molar-refractivity contribution in [3.63, 3.8) is 0 Å². The predicted molar refractivity (Wildman–Crippen MR) is 83.0 cm³/mol. The van der Waals surface area contributed by atoms with Crippen LogP contribution in [0, 0.1) is 0 Å². The normalized spacial score (nSPS) is 11.2. The van der Waals surface area contributed by atoms with Gasteiger partial charge in [0.05, 0.1) is 18.5 Å². The molecule has 1 N–H and O–H groups in total. The van der Waals surface area contributed by atoms with Crippen LogP contribution in [0.5, 0.6) is 5.75 Å². The van der Waals surface area contributed by atoms with Gasteiger partial charge in [-0.05, 0) is 64.8 Å². The zero-order valence-electron chi connectivity index (χ0n) is 10.9. The molecule has 98 valence electrons. The Kier molecular flexibility index (Phi) is 4.58. The average molecular weight is 319 g/mol. The van der Waals surface area contributed by atoms with E-state index in [0.29, 0.717) is 0 Å². The molecule has 0 aliphatic heterocycles. The zero-order valence-corrected chi connectivity index (χ0v) is 12.4. The molecular formula is C15H15BrN2O. The molecule has 0 heterocycles. The van der Waals surface area contributed by atoms with Gasteiger partial charge >= 0.3 is 0 Å². The lowest BCUT2D eigenvalue weighted by atomic mass is 10.1. The fraction of sp³-hybridized carbons (Fsp3) is 0.133. The van der Waals surface area contributed by atoms with Crippen LogP contribution in [0.4, 0.5) is 5.69 Å². The van der Waals surface area contributed by atoms with Crippen LogP contribution in [0.25, 0.3) is 0 Å². The quantitative estimate of drug-likeness (QED) is 0.673. The second-order valence-corrected chi connectivity index (χ2v) is 4.87. The molecule has 0 bridgehead atoms. The van der Waals surface area contributed by atoms with E-state index >= 15 is 0 Å². The van der Waals surface area contributed by atoms with Gasteiger partial charge in [-0.2, -0.15) is 5.10 Å². The first-order chi connectivity index (χ1) is 9.20. The minimum absolute atomic E-state index is 0.843. The highest BCUT2D eigenvalue weighted by atomic mass is 79.9. The molecule has 0 aromatic heterocycles. The standard InChI is InChI=1S/C15H15BrN2O/c1-11(12-7-9-13(19-2)10-8-12)17-18-15-6-4-3-5-14(15)16/h3-10,18H,1-2H3. The van der Waals surface area contributed by atoms with E-state index in [9.17, 15) is 0 Å². The summed E-state index contributed by atoms with van der Waals surface area (Å²) in [6.45, 7) is 1.96. The molecule has 0 spiro atoms. The largest absolute Gasteiger partial charge is 0.497 e. The van der Waals surface area contributed by atoms with Crippen LogP contribution in [0.1, 0.15) is 12.5 Å². The van der Waals surface area contributed by atoms with Crippen molar-refractivity contribution in [3.8, 4) is 5.75 Å². The highest BCUT2D eigenvalue weighted by molar-refractivity contribution is 9.10. The Morgan fingerprint density at radius 1 is 1.11 bits per heavy atom. The molecule has 2 rings (SSSR count). The molecule has 0 aliphatic rings. The van der Waals surface area contributed by atoms with Gasteiger partial charge in [-0.3, -0.25) is 5.43 Å². The number of para-hydroxylation sites is 1. The summed E-state index contributed by atoms with van der Waals surface area (Å²) in [6, 6.07) is 15.7. The van der Waals surface area contributed by atoms with E-state index in [1.54, 1.807) is 7.11 Å². The van der Waals surface area contributed by atoms with E-state index in [1.807, 2.05) is 55.5 Å². The monoisotopic (exact) mass is 318 g/mol. The van der Waals surface area contributed by atoms with Crippen molar-refractivity contribution in [1.29, 1.82) is 0 Å². The number of nitrogens with zero attached hydrogens (tertiary/aromatic N) is 1. The van der Waals surface area contributed by atoms with Crippen LogP contribution in [0.2, 0.25) is 0 Å². The fourth-order valence-electron chi connectivity index (χ4n) is 1.59. The molecule has 0 saturated carbocycles. The predicted octanol–water partition coefficient (Wildman–Crippen LogP) is 4.29. The minimum Gasteiger partial charge on any atom is -0.497 e. The van der Waals surface area contributed by atoms with E-state index < -0.39 is 0 Å². The first-order valence-corrected chi connectivity index (χ1v) is 6.69. The number of methoxy groups -OCH3 is 1. The van der Waals surface area contributed by atoms with Crippen molar-refractivity contribution >= 4 is 27.3 Å². The SMILES string of the molecule is COc1ccc(C(C)=NNc2ccccc2Br)cc1. The van der Waals surface area contributed by atoms with Gasteiger partial charge in [-0.25, -0.2) is 0 Å². The third kappa shape index (κ3) is 3.58. The van der Waals surface area contributed by atoms with Crippen LogP contribution >= 0.6 is 15.9 Å². The van der Waals surface area contributed by atoms with E-state index in [2.05, 4.69) is 26.5 Å². The number of rotatable bonds is 4. The van der Waals surface area contributed by atoms with Gasteiger partial charge in [0.25, 0.3) is 0 Å². The summed E-state index contributed by atoms with van der Waals surface area (Å²) < 4.78 is 6.12. The lowest BCUT2D eigenvalue weighted by molar-refractivity contribution is 0.415. The Balaban J connectivity index is 2.12. The molecule has 2 aromatic carbocycles. The number of anilines is 1. The Bertz CT molecular complexity index is 579. The van der Waals surface area contributed by atoms with Gasteiger partial charge in [0.1, 0.15) is 5.75 Å². The summed E-state index contributed by atoms with van der Waals surface area (Å²) in [5.74, 6) is 0.843. The molecule has 0 radical (unpaired) electrons. The Labute approximate surface area is 121 Å². The number of hydrogen-bond acceptors (Lipinski definition) is 3. The summed E-state index contributed by atoms with van der Waals surface area (Å²) in [5, 5.41) is 4.38. The van der Waals surface area contributed by atoms with Crippen LogP contribution < -0.4 is 10.2 Å². The first-order valence-electron chi connectivity index (χ1n) is 5.90. The number of ether oxygens (including phenoxy) is 1. The maximum absolute atomic E-state index is 5.13. The molecule has 0 unspecified atom stereocenters. The maximum Gasteiger partial charge on any atom is 0.118 e. The van der Waals surface area contributed by atoms with E-state index in [4.69, 9.17) is 4.74 Å². The molecule has 4 heteroatoms. The summed E-state index contributed by atoms with van der Waals surface area (Å²) in [5.41, 5.74) is 5.96. The van der Waals surface area contributed by atoms with Gasteiger partial charge in [-0.15, -0.1) is 0 Å². The molecular weight excluding hydrogens is 304 g/mol. The lowest BCUT2D eigenvalue weighted by Crippen LogP contribution is -2.00. The summed E-state index contributed by atoms with van der Waals surface area (Å²) in [4.78, 5) is 0. The van der Waals surface area contributed by atoms with Crippen molar-refractivity contribution in [3.05, 3.63) is 58.6 Å². The second kappa shape index (κ2) is 6.38. The van der Waals surface area contributed by atoms with E-state index in [-0.39, 0.29) is 0 Å². The molecule has 2 aromatic rings. The third-order valence-corrected chi connectivity index (χ3v) is 3.42. The molecule has 0 aliphatic carbocycles. The maximum atomic E-state index is 5.13. The van der Waals surface area contributed by atoms with Crippen molar-refractivity contribution in [2.75, 3.05) is 12.5 Å². The van der Waals surface area contributed by atoms with Crippen LogP contribution in [-0.2, 0) is 0 Å². The third-order valence-electron chi connectivity index (χ3n) is 2.73. The summed E-state index contributed by atoms with van der Waals surface area (Å²) >= 11 is 3.47. The Morgan fingerprint density at radius 2 is 1.79 bits per heavy atom. The van der Waals surface area contributed by atoms with E-state index in [1.165, 1.54) is 0 Å². The van der Waals surface area contributed by atoms with Gasteiger partial charge in [-0.1, -0.05) is 12.1 Å². The highest BCUT2D eigenvalue weighted by Crippen LogP contribution is 2.21. The average Bonchev–Trinajstić information content (AvgIpc) is 2.46. The van der Waals surface area contributed by atoms with Crippen molar-refractivity contribution in [1.82, 2.24) is 0 Å².